The van der Waals surface area contributed by atoms with Gasteiger partial charge in [-0.15, -0.1) is 0 Å². The van der Waals surface area contributed by atoms with E-state index in [9.17, 15) is 10.1 Å². The molecule has 0 aliphatic carbocycles. The number of methoxy groups -OCH3 is 1. The molecule has 1 amide bonds. The first-order valence-electron chi connectivity index (χ1n) is 10.0. The van der Waals surface area contributed by atoms with Crippen LogP contribution < -0.4 is 14.8 Å². The Hall–Kier alpha value is -4.09. The van der Waals surface area contributed by atoms with Crippen molar-refractivity contribution in [2.75, 3.05) is 19.0 Å². The Labute approximate surface area is 195 Å². The Morgan fingerprint density at radius 2 is 2.03 bits per heavy atom. The summed E-state index contributed by atoms with van der Waals surface area (Å²) in [6.07, 6.45) is 1.38. The summed E-state index contributed by atoms with van der Waals surface area (Å²) in [7, 11) is 1.58. The van der Waals surface area contributed by atoms with Crippen LogP contribution in [0.5, 0.6) is 11.5 Å². The molecule has 8 nitrogen and oxygen atoms in total. The fourth-order valence-corrected chi connectivity index (χ4v) is 3.51. The zero-order valence-corrected chi connectivity index (χ0v) is 19.0. The van der Waals surface area contributed by atoms with Crippen LogP contribution in [0.3, 0.4) is 0 Å². The molecule has 2 aromatic carbocycles. The number of halogens is 1. The van der Waals surface area contributed by atoms with Crippen LogP contribution in [0, 0.1) is 25.2 Å². The number of carbonyl (C=O) groups excluding carboxylic acids is 1. The molecule has 0 bridgehead atoms. The third kappa shape index (κ3) is 4.45. The quantitative estimate of drug-likeness (QED) is 0.450. The van der Waals surface area contributed by atoms with Gasteiger partial charge < -0.3 is 14.8 Å². The molecule has 2 heterocycles. The Morgan fingerprint density at radius 3 is 2.76 bits per heavy atom. The number of carbonyl (C=O) groups is 1. The van der Waals surface area contributed by atoms with Crippen molar-refractivity contribution in [1.82, 2.24) is 14.8 Å². The summed E-state index contributed by atoms with van der Waals surface area (Å²) in [5, 5.41) is 18.1. The molecule has 33 heavy (non-hydrogen) atoms. The zero-order chi connectivity index (χ0) is 23.5. The first-order valence-corrected chi connectivity index (χ1v) is 10.4. The number of aryl methyl sites for hydroxylation is 2. The van der Waals surface area contributed by atoms with E-state index in [4.69, 9.17) is 21.1 Å². The van der Waals surface area contributed by atoms with Gasteiger partial charge in [0.15, 0.2) is 18.2 Å². The van der Waals surface area contributed by atoms with E-state index in [2.05, 4.69) is 15.4 Å². The molecule has 0 radical (unpaired) electrons. The molecule has 4 rings (SSSR count). The van der Waals surface area contributed by atoms with Crippen LogP contribution in [-0.2, 0) is 4.79 Å². The van der Waals surface area contributed by atoms with Gasteiger partial charge in [0.05, 0.1) is 13.3 Å². The van der Waals surface area contributed by atoms with E-state index in [-0.39, 0.29) is 18.0 Å². The molecule has 0 unspecified atom stereocenters. The summed E-state index contributed by atoms with van der Waals surface area (Å²) in [5.74, 6) is 1.33. The maximum atomic E-state index is 12.6. The molecule has 4 aromatic rings. The molecule has 0 spiro atoms. The SMILES string of the molecule is COc1cccc2c(C)cc(-n3ncc(C#N)c3NC(=O)COc3ccc(Cl)c(C)c3)nc12. The largest absolute Gasteiger partial charge is 0.494 e. The Bertz CT molecular complexity index is 1410. The Balaban J connectivity index is 1.63. The highest BCUT2D eigenvalue weighted by molar-refractivity contribution is 6.31. The third-order valence-corrected chi connectivity index (χ3v) is 5.50. The standard InChI is InChI=1S/C24H20ClN5O3/c1-14-10-21(28-23-18(14)5-4-6-20(23)32-3)30-24(16(11-26)12-27-30)29-22(31)13-33-17-7-8-19(25)15(2)9-17/h4-10,12H,13H2,1-3H3,(H,29,31). The van der Waals surface area contributed by atoms with Crippen molar-refractivity contribution in [3.63, 3.8) is 0 Å². The molecule has 0 aliphatic heterocycles. The fourth-order valence-electron chi connectivity index (χ4n) is 3.40. The second-order valence-electron chi connectivity index (χ2n) is 7.33. The molecule has 0 saturated heterocycles. The number of anilines is 1. The van der Waals surface area contributed by atoms with E-state index in [1.54, 1.807) is 25.3 Å². The number of fused-ring (bicyclic) bond motifs is 1. The number of aromatic nitrogens is 3. The van der Waals surface area contributed by atoms with Crippen molar-refractivity contribution in [1.29, 1.82) is 5.26 Å². The number of pyridine rings is 1. The molecule has 0 saturated carbocycles. The van der Waals surface area contributed by atoms with Gasteiger partial charge in [-0.3, -0.25) is 4.79 Å². The van der Waals surface area contributed by atoms with Gasteiger partial charge >= 0.3 is 0 Å². The number of rotatable bonds is 6. The van der Waals surface area contributed by atoms with Crippen molar-refractivity contribution in [3.8, 4) is 23.4 Å². The first-order chi connectivity index (χ1) is 15.9. The van der Waals surface area contributed by atoms with Gasteiger partial charge in [0, 0.05) is 10.4 Å². The number of benzene rings is 2. The number of nitrogens with zero attached hydrogens (tertiary/aromatic N) is 4. The van der Waals surface area contributed by atoms with E-state index in [0.717, 1.165) is 16.5 Å². The third-order valence-electron chi connectivity index (χ3n) is 5.08. The lowest BCUT2D eigenvalue weighted by Gasteiger charge is -2.13. The molecule has 0 aliphatic rings. The molecule has 0 fully saturated rings. The molecular formula is C24H20ClN5O3. The predicted octanol–water partition coefficient (Wildman–Crippen LogP) is 4.59. The molecule has 2 aromatic heterocycles. The fraction of sp³-hybridized carbons (Fsp3) is 0.167. The molecular weight excluding hydrogens is 442 g/mol. The monoisotopic (exact) mass is 461 g/mol. The van der Waals surface area contributed by atoms with Crippen molar-refractivity contribution in [2.24, 2.45) is 0 Å². The predicted molar refractivity (Wildman–Crippen MR) is 125 cm³/mol. The van der Waals surface area contributed by atoms with E-state index >= 15 is 0 Å². The van der Waals surface area contributed by atoms with E-state index in [0.29, 0.717) is 27.9 Å². The van der Waals surface area contributed by atoms with Gasteiger partial charge in [-0.2, -0.15) is 15.0 Å². The Morgan fingerprint density at radius 1 is 1.21 bits per heavy atom. The lowest BCUT2D eigenvalue weighted by molar-refractivity contribution is -0.118. The number of ether oxygens (including phenoxy) is 2. The van der Waals surface area contributed by atoms with Gasteiger partial charge in [0.1, 0.15) is 28.6 Å². The average molecular weight is 462 g/mol. The lowest BCUT2D eigenvalue weighted by atomic mass is 10.1. The topological polar surface area (TPSA) is 102 Å². The highest BCUT2D eigenvalue weighted by Crippen LogP contribution is 2.29. The number of nitrogens with one attached hydrogen (secondary N) is 1. The van der Waals surface area contributed by atoms with Crippen LogP contribution in [0.1, 0.15) is 16.7 Å². The normalized spacial score (nSPS) is 10.6. The van der Waals surface area contributed by atoms with Gasteiger partial charge in [0.2, 0.25) is 0 Å². The van der Waals surface area contributed by atoms with Gasteiger partial charge in [0.25, 0.3) is 5.91 Å². The van der Waals surface area contributed by atoms with Gasteiger partial charge in [-0.05, 0) is 55.3 Å². The first kappa shape index (κ1) is 22.1. The number of hydrogen-bond donors (Lipinski definition) is 1. The summed E-state index contributed by atoms with van der Waals surface area (Å²) in [6, 6.07) is 14.7. The highest BCUT2D eigenvalue weighted by atomic mass is 35.5. The minimum absolute atomic E-state index is 0.199. The zero-order valence-electron chi connectivity index (χ0n) is 18.2. The number of amides is 1. The molecule has 166 valence electrons. The molecule has 1 N–H and O–H groups in total. The second-order valence-corrected chi connectivity index (χ2v) is 7.74. The summed E-state index contributed by atoms with van der Waals surface area (Å²) < 4.78 is 12.4. The number of hydrogen-bond acceptors (Lipinski definition) is 6. The van der Waals surface area contributed by atoms with E-state index in [1.165, 1.54) is 10.9 Å². The summed E-state index contributed by atoms with van der Waals surface area (Å²) in [6.45, 7) is 3.54. The summed E-state index contributed by atoms with van der Waals surface area (Å²) in [5.41, 5.74) is 2.64. The van der Waals surface area contributed by atoms with Crippen molar-refractivity contribution in [2.45, 2.75) is 13.8 Å². The van der Waals surface area contributed by atoms with Crippen LogP contribution in [0.2, 0.25) is 5.02 Å². The minimum Gasteiger partial charge on any atom is -0.494 e. The van der Waals surface area contributed by atoms with Crippen LogP contribution in [0.25, 0.3) is 16.7 Å². The highest BCUT2D eigenvalue weighted by Gasteiger charge is 2.18. The maximum absolute atomic E-state index is 12.6. The summed E-state index contributed by atoms with van der Waals surface area (Å²) >= 11 is 6.02. The van der Waals surface area contributed by atoms with Crippen molar-refractivity contribution >= 4 is 34.2 Å². The molecule has 9 heteroatoms. The van der Waals surface area contributed by atoms with Crippen molar-refractivity contribution in [3.05, 3.63) is 70.4 Å². The van der Waals surface area contributed by atoms with E-state index < -0.39 is 5.91 Å². The minimum atomic E-state index is -0.448. The van der Waals surface area contributed by atoms with Crippen LogP contribution in [0.15, 0.2) is 48.7 Å². The summed E-state index contributed by atoms with van der Waals surface area (Å²) in [4.78, 5) is 17.3. The Kier molecular flexibility index (Phi) is 6.16. The van der Waals surface area contributed by atoms with Crippen molar-refractivity contribution < 1.29 is 14.3 Å². The van der Waals surface area contributed by atoms with Crippen LogP contribution in [0.4, 0.5) is 5.82 Å². The maximum Gasteiger partial charge on any atom is 0.263 e. The van der Waals surface area contributed by atoms with E-state index in [1.807, 2.05) is 44.2 Å². The number of para-hydroxylation sites is 1. The second kappa shape index (κ2) is 9.18. The lowest BCUT2D eigenvalue weighted by Crippen LogP contribution is -2.22. The van der Waals surface area contributed by atoms with Crippen LogP contribution >= 0.6 is 11.6 Å². The molecule has 0 atom stereocenters. The van der Waals surface area contributed by atoms with Gasteiger partial charge in [-0.25, -0.2) is 4.98 Å². The van der Waals surface area contributed by atoms with Crippen LogP contribution in [-0.4, -0.2) is 34.4 Å². The average Bonchev–Trinajstić information content (AvgIpc) is 3.21. The van der Waals surface area contributed by atoms with Gasteiger partial charge in [-0.1, -0.05) is 23.7 Å². The smallest absolute Gasteiger partial charge is 0.263 e. The number of nitriles is 1.